The van der Waals surface area contributed by atoms with Crippen LogP contribution >= 0.6 is 11.8 Å². The zero-order valence-electron chi connectivity index (χ0n) is 13.9. The van der Waals surface area contributed by atoms with Crippen LogP contribution in [0, 0.1) is 6.92 Å². The Balaban J connectivity index is 1.46. The maximum Gasteiger partial charge on any atom is 0.322 e. The van der Waals surface area contributed by atoms with Crippen LogP contribution < -0.4 is 5.32 Å². The Labute approximate surface area is 150 Å². The summed E-state index contributed by atoms with van der Waals surface area (Å²) >= 11 is 1.73. The minimum atomic E-state index is -0.169. The molecule has 3 rings (SSSR count). The number of carbonyl (C=O) groups excluding carboxylic acids is 1. The predicted molar refractivity (Wildman–Crippen MR) is 98.7 cm³/mol. The van der Waals surface area contributed by atoms with Crippen LogP contribution in [0.2, 0.25) is 0 Å². The Hall–Kier alpha value is -2.60. The van der Waals surface area contributed by atoms with Gasteiger partial charge >= 0.3 is 6.01 Å². The molecule has 0 fully saturated rings. The fourth-order valence-electron chi connectivity index (χ4n) is 2.23. The molecule has 0 atom stereocenters. The SMILES string of the molecule is Cc1ccc(CC(=O)Nc2nnc(CCSc3ccccc3)o2)cc1. The van der Waals surface area contributed by atoms with Crippen molar-refractivity contribution in [3.05, 3.63) is 71.6 Å². The largest absolute Gasteiger partial charge is 0.408 e. The van der Waals surface area contributed by atoms with E-state index >= 15 is 0 Å². The molecular weight excluding hydrogens is 334 g/mol. The predicted octanol–water partition coefficient (Wildman–Crippen LogP) is 3.89. The number of benzene rings is 2. The molecule has 1 heterocycles. The molecule has 25 heavy (non-hydrogen) atoms. The van der Waals surface area contributed by atoms with Gasteiger partial charge in [-0.15, -0.1) is 16.9 Å². The van der Waals surface area contributed by atoms with Gasteiger partial charge in [0.25, 0.3) is 0 Å². The van der Waals surface area contributed by atoms with Gasteiger partial charge in [0.05, 0.1) is 6.42 Å². The standard InChI is InChI=1S/C19H19N3O2S/c1-14-7-9-15(10-8-14)13-17(23)20-19-22-21-18(24-19)11-12-25-16-5-3-2-4-6-16/h2-10H,11-13H2,1H3,(H,20,22,23). The van der Waals surface area contributed by atoms with Crippen molar-refractivity contribution in [2.24, 2.45) is 0 Å². The van der Waals surface area contributed by atoms with Gasteiger partial charge < -0.3 is 4.42 Å². The molecule has 0 unspecified atom stereocenters. The van der Waals surface area contributed by atoms with Crippen LogP contribution in [0.4, 0.5) is 6.01 Å². The molecule has 3 aromatic rings. The summed E-state index contributed by atoms with van der Waals surface area (Å²) < 4.78 is 5.48. The van der Waals surface area contributed by atoms with Gasteiger partial charge in [0.2, 0.25) is 11.8 Å². The van der Waals surface area contributed by atoms with Crippen LogP contribution in [-0.2, 0) is 17.6 Å². The number of rotatable bonds is 7. The van der Waals surface area contributed by atoms with Gasteiger partial charge in [-0.3, -0.25) is 10.1 Å². The molecule has 0 radical (unpaired) electrons. The molecule has 0 saturated heterocycles. The molecule has 5 nitrogen and oxygen atoms in total. The summed E-state index contributed by atoms with van der Waals surface area (Å²) in [7, 11) is 0. The summed E-state index contributed by atoms with van der Waals surface area (Å²) in [6.07, 6.45) is 0.933. The second kappa shape index (κ2) is 8.48. The first-order valence-electron chi connectivity index (χ1n) is 8.05. The number of hydrogen-bond acceptors (Lipinski definition) is 5. The lowest BCUT2D eigenvalue weighted by Gasteiger charge is -2.01. The van der Waals surface area contributed by atoms with Crippen molar-refractivity contribution in [2.45, 2.75) is 24.7 Å². The number of nitrogens with zero attached hydrogens (tertiary/aromatic N) is 2. The summed E-state index contributed by atoms with van der Waals surface area (Å²) in [5.41, 5.74) is 2.11. The number of nitrogens with one attached hydrogen (secondary N) is 1. The molecule has 0 bridgehead atoms. The monoisotopic (exact) mass is 353 g/mol. The average Bonchev–Trinajstić information content (AvgIpc) is 3.05. The van der Waals surface area contributed by atoms with Gasteiger partial charge in [-0.05, 0) is 24.6 Å². The summed E-state index contributed by atoms with van der Waals surface area (Å²) in [5.74, 6) is 1.19. The topological polar surface area (TPSA) is 68.0 Å². The van der Waals surface area contributed by atoms with Crippen LogP contribution in [0.5, 0.6) is 0 Å². The van der Waals surface area contributed by atoms with E-state index in [0.29, 0.717) is 12.3 Å². The van der Waals surface area contributed by atoms with Crippen LogP contribution in [0.1, 0.15) is 17.0 Å². The number of aryl methyl sites for hydroxylation is 2. The molecule has 1 N–H and O–H groups in total. The van der Waals surface area contributed by atoms with E-state index in [4.69, 9.17) is 4.42 Å². The number of aromatic nitrogens is 2. The highest BCUT2D eigenvalue weighted by atomic mass is 32.2. The fraction of sp³-hybridized carbons (Fsp3) is 0.211. The van der Waals surface area contributed by atoms with Gasteiger partial charge in [-0.2, -0.15) is 0 Å². The molecule has 0 aliphatic carbocycles. The first-order chi connectivity index (χ1) is 12.2. The third-order valence-electron chi connectivity index (χ3n) is 3.53. The highest BCUT2D eigenvalue weighted by Crippen LogP contribution is 2.18. The van der Waals surface area contributed by atoms with Gasteiger partial charge in [0.15, 0.2) is 0 Å². The van der Waals surface area contributed by atoms with Crippen molar-refractivity contribution >= 4 is 23.7 Å². The third-order valence-corrected chi connectivity index (χ3v) is 4.54. The summed E-state index contributed by atoms with van der Waals surface area (Å²) in [5, 5.41) is 10.5. The fourth-order valence-corrected chi connectivity index (χ4v) is 3.09. The Morgan fingerprint density at radius 2 is 1.84 bits per heavy atom. The summed E-state index contributed by atoms with van der Waals surface area (Å²) in [4.78, 5) is 13.2. The van der Waals surface area contributed by atoms with Gasteiger partial charge in [0, 0.05) is 17.1 Å². The highest BCUT2D eigenvalue weighted by Gasteiger charge is 2.10. The number of carbonyl (C=O) groups is 1. The Bertz CT molecular complexity index is 816. The van der Waals surface area contributed by atoms with Crippen LogP contribution in [0.15, 0.2) is 63.9 Å². The smallest absolute Gasteiger partial charge is 0.322 e. The van der Waals surface area contributed by atoms with Crippen LogP contribution in [-0.4, -0.2) is 21.9 Å². The van der Waals surface area contributed by atoms with Gasteiger partial charge in [-0.1, -0.05) is 53.1 Å². The quantitative estimate of drug-likeness (QED) is 0.653. The lowest BCUT2D eigenvalue weighted by atomic mass is 10.1. The van der Waals surface area contributed by atoms with Crippen molar-refractivity contribution < 1.29 is 9.21 Å². The van der Waals surface area contributed by atoms with E-state index in [1.807, 2.05) is 49.4 Å². The van der Waals surface area contributed by atoms with E-state index in [0.717, 1.165) is 11.3 Å². The molecule has 128 valence electrons. The molecule has 2 aromatic carbocycles. The van der Waals surface area contributed by atoms with Crippen LogP contribution in [0.3, 0.4) is 0 Å². The van der Waals surface area contributed by atoms with Crippen molar-refractivity contribution in [1.82, 2.24) is 10.2 Å². The molecule has 1 amide bonds. The zero-order chi connectivity index (χ0) is 17.5. The van der Waals surface area contributed by atoms with E-state index in [-0.39, 0.29) is 18.3 Å². The van der Waals surface area contributed by atoms with Crippen molar-refractivity contribution in [3.63, 3.8) is 0 Å². The lowest BCUT2D eigenvalue weighted by Crippen LogP contribution is -2.14. The second-order valence-electron chi connectivity index (χ2n) is 5.62. The first kappa shape index (κ1) is 17.2. The number of hydrogen-bond donors (Lipinski definition) is 1. The van der Waals surface area contributed by atoms with Crippen molar-refractivity contribution in [3.8, 4) is 0 Å². The molecule has 0 aliphatic rings. The van der Waals surface area contributed by atoms with E-state index in [2.05, 4.69) is 27.6 Å². The van der Waals surface area contributed by atoms with E-state index in [1.165, 1.54) is 10.5 Å². The van der Waals surface area contributed by atoms with E-state index in [1.54, 1.807) is 11.8 Å². The molecule has 0 spiro atoms. The van der Waals surface area contributed by atoms with E-state index < -0.39 is 0 Å². The minimum Gasteiger partial charge on any atom is -0.408 e. The Morgan fingerprint density at radius 3 is 2.60 bits per heavy atom. The maximum absolute atomic E-state index is 12.0. The molecular formula is C19H19N3O2S. The molecule has 1 aromatic heterocycles. The Morgan fingerprint density at radius 1 is 1.08 bits per heavy atom. The molecule has 0 saturated carbocycles. The average molecular weight is 353 g/mol. The normalized spacial score (nSPS) is 10.6. The second-order valence-corrected chi connectivity index (χ2v) is 6.79. The van der Waals surface area contributed by atoms with Crippen molar-refractivity contribution in [2.75, 3.05) is 11.1 Å². The number of thioether (sulfide) groups is 1. The van der Waals surface area contributed by atoms with E-state index in [9.17, 15) is 4.79 Å². The summed E-state index contributed by atoms with van der Waals surface area (Å²) in [6, 6.07) is 18.1. The summed E-state index contributed by atoms with van der Waals surface area (Å²) in [6.45, 7) is 2.01. The number of anilines is 1. The Kier molecular flexibility index (Phi) is 5.85. The highest BCUT2D eigenvalue weighted by molar-refractivity contribution is 7.99. The van der Waals surface area contributed by atoms with Crippen molar-refractivity contribution in [1.29, 1.82) is 0 Å². The number of amides is 1. The zero-order valence-corrected chi connectivity index (χ0v) is 14.8. The third kappa shape index (κ3) is 5.46. The minimum absolute atomic E-state index is 0.150. The van der Waals surface area contributed by atoms with Gasteiger partial charge in [0.1, 0.15) is 0 Å². The lowest BCUT2D eigenvalue weighted by molar-refractivity contribution is -0.115. The van der Waals surface area contributed by atoms with Crippen LogP contribution in [0.25, 0.3) is 0 Å². The molecule has 6 heteroatoms. The molecule has 0 aliphatic heterocycles. The first-order valence-corrected chi connectivity index (χ1v) is 9.03. The van der Waals surface area contributed by atoms with Gasteiger partial charge in [-0.25, -0.2) is 0 Å². The maximum atomic E-state index is 12.0.